The van der Waals surface area contributed by atoms with Crippen LogP contribution in [0, 0.1) is 15.9 Å². The van der Waals surface area contributed by atoms with E-state index >= 15 is 0 Å². The molecule has 9 nitrogen and oxygen atoms in total. The molecule has 0 atom stereocenters. The number of nitrogens with one attached hydrogen (secondary N) is 1. The first-order valence-electron chi connectivity index (χ1n) is 6.74. The molecule has 2 rings (SSSR count). The van der Waals surface area contributed by atoms with Crippen LogP contribution in [0.2, 0.25) is 0 Å². The van der Waals surface area contributed by atoms with Crippen molar-refractivity contribution in [3.05, 3.63) is 55.1 Å². The van der Waals surface area contributed by atoms with Crippen molar-refractivity contribution in [1.29, 1.82) is 0 Å². The van der Waals surface area contributed by atoms with Crippen LogP contribution in [0.25, 0.3) is 5.69 Å². The Labute approximate surface area is 129 Å². The maximum Gasteiger partial charge on any atom is 0.352 e. The van der Waals surface area contributed by atoms with Crippen LogP contribution in [0.1, 0.15) is 13.3 Å². The minimum atomic E-state index is -0.994. The zero-order chi connectivity index (χ0) is 17.1. The van der Waals surface area contributed by atoms with Gasteiger partial charge in [0.1, 0.15) is 17.6 Å². The van der Waals surface area contributed by atoms with Crippen molar-refractivity contribution in [3.8, 4) is 5.69 Å². The molecule has 0 spiro atoms. The molecule has 0 fully saturated rings. The minimum absolute atomic E-state index is 0.0656. The Balaban J connectivity index is 2.68. The molecule has 0 saturated carbocycles. The molecule has 1 aromatic carbocycles. The normalized spacial score (nSPS) is 10.6. The molecule has 0 unspecified atom stereocenters. The lowest BCUT2D eigenvalue weighted by atomic mass is 10.2. The van der Waals surface area contributed by atoms with E-state index in [-0.39, 0.29) is 11.4 Å². The van der Waals surface area contributed by atoms with E-state index < -0.39 is 27.7 Å². The molecular weight excluding hydrogens is 309 g/mol. The third kappa shape index (κ3) is 3.10. The van der Waals surface area contributed by atoms with Crippen molar-refractivity contribution in [1.82, 2.24) is 14.3 Å². The van der Waals surface area contributed by atoms with Gasteiger partial charge in [0.05, 0.1) is 11.0 Å². The molecule has 0 aliphatic rings. The van der Waals surface area contributed by atoms with Crippen LogP contribution < -0.4 is 16.6 Å². The van der Waals surface area contributed by atoms with Crippen molar-refractivity contribution < 1.29 is 9.31 Å². The summed E-state index contributed by atoms with van der Waals surface area (Å²) in [6.45, 7) is 2.30. The highest BCUT2D eigenvalue weighted by Crippen LogP contribution is 2.28. The number of nitro benzene ring substituents is 1. The van der Waals surface area contributed by atoms with E-state index in [0.717, 1.165) is 16.8 Å². The van der Waals surface area contributed by atoms with E-state index in [0.29, 0.717) is 23.7 Å². The maximum absolute atomic E-state index is 14.2. The Morgan fingerprint density at radius 2 is 2.09 bits per heavy atom. The second-order valence-corrected chi connectivity index (χ2v) is 4.74. The second-order valence-electron chi connectivity index (χ2n) is 4.74. The van der Waals surface area contributed by atoms with E-state index in [9.17, 15) is 24.1 Å². The molecule has 0 aliphatic carbocycles. The van der Waals surface area contributed by atoms with Crippen LogP contribution in [0.5, 0.6) is 0 Å². The second kappa shape index (κ2) is 6.38. The van der Waals surface area contributed by atoms with Gasteiger partial charge in [0.25, 0.3) is 11.2 Å². The summed E-state index contributed by atoms with van der Waals surface area (Å²) in [6.07, 6.45) is 1.56. The molecular formula is C13H14FN5O4. The van der Waals surface area contributed by atoms with Crippen molar-refractivity contribution >= 4 is 11.4 Å². The van der Waals surface area contributed by atoms with E-state index in [1.807, 2.05) is 6.92 Å². The fourth-order valence-electron chi connectivity index (χ4n) is 1.91. The summed E-state index contributed by atoms with van der Waals surface area (Å²) in [6, 6.07) is 1.84. The molecule has 0 saturated heterocycles. The summed E-state index contributed by atoms with van der Waals surface area (Å²) in [7, 11) is 1.22. The fourth-order valence-corrected chi connectivity index (χ4v) is 1.91. The zero-order valence-corrected chi connectivity index (χ0v) is 12.4. The predicted octanol–water partition coefficient (Wildman–Crippen LogP) is 0.800. The third-order valence-corrected chi connectivity index (χ3v) is 3.14. The van der Waals surface area contributed by atoms with E-state index in [2.05, 4.69) is 10.4 Å². The average Bonchev–Trinajstić information content (AvgIpc) is 2.51. The Kier molecular flexibility index (Phi) is 4.53. The quantitative estimate of drug-likeness (QED) is 0.643. The number of halogens is 1. The number of benzene rings is 1. The number of hydrogen-bond acceptors (Lipinski definition) is 6. The number of rotatable bonds is 5. The molecule has 10 heteroatoms. The topological polar surface area (TPSA) is 112 Å². The molecule has 1 heterocycles. The van der Waals surface area contributed by atoms with Gasteiger partial charge in [-0.15, -0.1) is 0 Å². The van der Waals surface area contributed by atoms with Crippen LogP contribution in [0.4, 0.5) is 15.8 Å². The monoisotopic (exact) mass is 323 g/mol. The number of hydrogen-bond donors (Lipinski definition) is 1. The molecule has 2 aromatic rings. The molecule has 0 amide bonds. The lowest BCUT2D eigenvalue weighted by Gasteiger charge is -2.11. The van der Waals surface area contributed by atoms with Gasteiger partial charge in [-0.25, -0.2) is 9.18 Å². The smallest absolute Gasteiger partial charge is 0.352 e. The van der Waals surface area contributed by atoms with Gasteiger partial charge in [0.15, 0.2) is 5.82 Å². The summed E-state index contributed by atoms with van der Waals surface area (Å²) in [5.74, 6) is -0.994. The van der Waals surface area contributed by atoms with Gasteiger partial charge < -0.3 is 5.32 Å². The summed E-state index contributed by atoms with van der Waals surface area (Å²) in [5, 5.41) is 17.4. The first-order valence-corrected chi connectivity index (χ1v) is 6.74. The summed E-state index contributed by atoms with van der Waals surface area (Å²) >= 11 is 0. The van der Waals surface area contributed by atoms with Gasteiger partial charge in [0.2, 0.25) is 0 Å². The average molecular weight is 323 g/mol. The predicted molar refractivity (Wildman–Crippen MR) is 80.5 cm³/mol. The highest BCUT2D eigenvalue weighted by molar-refractivity contribution is 5.65. The van der Waals surface area contributed by atoms with Crippen LogP contribution in [0.3, 0.4) is 0 Å². The lowest BCUT2D eigenvalue weighted by molar-refractivity contribution is -0.384. The van der Waals surface area contributed by atoms with Gasteiger partial charge >= 0.3 is 5.69 Å². The molecule has 23 heavy (non-hydrogen) atoms. The first-order chi connectivity index (χ1) is 10.9. The highest BCUT2D eigenvalue weighted by Gasteiger charge is 2.20. The van der Waals surface area contributed by atoms with Crippen LogP contribution in [-0.4, -0.2) is 25.8 Å². The maximum atomic E-state index is 14.2. The molecule has 0 radical (unpaired) electrons. The van der Waals surface area contributed by atoms with Crippen molar-refractivity contribution in [2.24, 2.45) is 7.05 Å². The van der Waals surface area contributed by atoms with Gasteiger partial charge in [0, 0.05) is 13.6 Å². The largest absolute Gasteiger partial charge is 0.379 e. The first kappa shape index (κ1) is 16.3. The number of nitrogens with zero attached hydrogens (tertiary/aromatic N) is 4. The van der Waals surface area contributed by atoms with E-state index in [1.54, 1.807) is 0 Å². The van der Waals surface area contributed by atoms with E-state index in [4.69, 9.17) is 0 Å². The minimum Gasteiger partial charge on any atom is -0.379 e. The third-order valence-electron chi connectivity index (χ3n) is 3.14. The van der Waals surface area contributed by atoms with Crippen molar-refractivity contribution in [2.75, 3.05) is 11.9 Å². The summed E-state index contributed by atoms with van der Waals surface area (Å²) in [5.41, 5.74) is -2.16. The van der Waals surface area contributed by atoms with Gasteiger partial charge in [-0.1, -0.05) is 6.92 Å². The van der Waals surface area contributed by atoms with E-state index in [1.165, 1.54) is 7.05 Å². The molecule has 0 bridgehead atoms. The Morgan fingerprint density at radius 1 is 1.39 bits per heavy atom. The Morgan fingerprint density at radius 3 is 2.70 bits per heavy atom. The summed E-state index contributed by atoms with van der Waals surface area (Å²) < 4.78 is 15.6. The molecule has 1 N–H and O–H groups in total. The Bertz CT molecular complexity index is 874. The van der Waals surface area contributed by atoms with Gasteiger partial charge in [-0.2, -0.15) is 9.78 Å². The van der Waals surface area contributed by atoms with Crippen molar-refractivity contribution in [2.45, 2.75) is 13.3 Å². The lowest BCUT2D eigenvalue weighted by Crippen LogP contribution is -2.38. The van der Waals surface area contributed by atoms with Crippen LogP contribution in [0.15, 0.2) is 27.9 Å². The van der Waals surface area contributed by atoms with Crippen LogP contribution in [-0.2, 0) is 7.05 Å². The number of nitro groups is 1. The Hall–Kier alpha value is -3.04. The van der Waals surface area contributed by atoms with Gasteiger partial charge in [-0.05, 0) is 12.5 Å². The zero-order valence-electron chi connectivity index (χ0n) is 12.4. The number of aromatic nitrogens is 3. The summed E-state index contributed by atoms with van der Waals surface area (Å²) in [4.78, 5) is 33.7. The fraction of sp³-hybridized carbons (Fsp3) is 0.308. The molecule has 1 aromatic heterocycles. The molecule has 122 valence electrons. The van der Waals surface area contributed by atoms with Crippen LogP contribution >= 0.6 is 0 Å². The molecule has 0 aliphatic heterocycles. The van der Waals surface area contributed by atoms with Crippen molar-refractivity contribution in [3.63, 3.8) is 0 Å². The SMILES string of the molecule is CCCNc1cc(-n2ncc(=O)n(C)c2=O)c(F)cc1[N+](=O)[O-]. The highest BCUT2D eigenvalue weighted by atomic mass is 19.1. The van der Waals surface area contributed by atoms with Gasteiger partial charge in [-0.3, -0.25) is 19.5 Å². The standard InChI is InChI=1S/C13H14FN5O4/c1-3-4-15-9-6-10(8(14)5-11(9)19(22)23)18-13(21)17(2)12(20)7-16-18/h5-7,15H,3-4H2,1-2H3. The number of anilines is 1.